The zero-order chi connectivity index (χ0) is 17.0. The summed E-state index contributed by atoms with van der Waals surface area (Å²) in [5.74, 6) is -0.619. The van der Waals surface area contributed by atoms with Gasteiger partial charge >= 0.3 is 0 Å². The summed E-state index contributed by atoms with van der Waals surface area (Å²) in [5, 5.41) is 0. The van der Waals surface area contributed by atoms with Gasteiger partial charge in [-0.3, -0.25) is 0 Å². The van der Waals surface area contributed by atoms with Gasteiger partial charge in [0, 0.05) is 17.7 Å². The molecule has 1 fully saturated rings. The number of rotatable bonds is 5. The zero-order valence-electron chi connectivity index (χ0n) is 14.6. The van der Waals surface area contributed by atoms with Crippen molar-refractivity contribution >= 4 is 0 Å². The van der Waals surface area contributed by atoms with Crippen LogP contribution in [0.4, 0.5) is 0 Å². The predicted octanol–water partition coefficient (Wildman–Crippen LogP) is 0.935. The van der Waals surface area contributed by atoms with Gasteiger partial charge in [0.25, 0.3) is 0 Å². The number of benzene rings is 2. The Morgan fingerprint density at radius 3 is 1.88 bits per heavy atom. The first kappa shape index (κ1) is 18.6. The van der Waals surface area contributed by atoms with Crippen molar-refractivity contribution in [3.8, 4) is 11.1 Å². The van der Waals surface area contributed by atoms with Gasteiger partial charge in [0.05, 0.1) is 19.6 Å². The number of aryl methyl sites for hydroxylation is 1. The average molecular weight is 368 g/mol. The quantitative estimate of drug-likeness (QED) is 0.626. The Morgan fingerprint density at radius 1 is 0.731 bits per heavy atom. The highest BCUT2D eigenvalue weighted by Crippen LogP contribution is 2.34. The molecule has 134 valence electrons. The van der Waals surface area contributed by atoms with E-state index in [0.717, 1.165) is 18.5 Å². The van der Waals surface area contributed by atoms with Crippen LogP contribution in [-0.4, -0.2) is 13.2 Å². The van der Waals surface area contributed by atoms with Gasteiger partial charge in [-0.2, -0.15) is 0 Å². The van der Waals surface area contributed by atoms with Gasteiger partial charge in [-0.05, 0) is 11.1 Å². The van der Waals surface area contributed by atoms with E-state index in [4.69, 9.17) is 9.47 Å². The summed E-state index contributed by atoms with van der Waals surface area (Å²) in [7, 11) is 0. The van der Waals surface area contributed by atoms with Gasteiger partial charge in [0.15, 0.2) is 18.9 Å². The van der Waals surface area contributed by atoms with E-state index in [0.29, 0.717) is 13.2 Å². The van der Waals surface area contributed by atoms with Gasteiger partial charge in [-0.25, -0.2) is 4.57 Å². The van der Waals surface area contributed by atoms with E-state index in [9.17, 15) is 0 Å². The second-order valence-corrected chi connectivity index (χ2v) is 6.26. The molecule has 26 heavy (non-hydrogen) atoms. The van der Waals surface area contributed by atoms with E-state index in [1.54, 1.807) is 0 Å². The minimum atomic E-state index is -0.619. The van der Waals surface area contributed by atoms with Crippen molar-refractivity contribution in [2.45, 2.75) is 18.8 Å². The number of pyridine rings is 1. The smallest absolute Gasteiger partial charge is 0.201 e. The van der Waals surface area contributed by atoms with E-state index >= 15 is 0 Å². The van der Waals surface area contributed by atoms with E-state index in [2.05, 4.69) is 65.5 Å². The Balaban J connectivity index is 0.00000196. The van der Waals surface area contributed by atoms with E-state index < -0.39 is 5.79 Å². The Labute approximate surface area is 160 Å². The van der Waals surface area contributed by atoms with Gasteiger partial charge < -0.3 is 21.9 Å². The third-order valence-electron chi connectivity index (χ3n) is 4.66. The van der Waals surface area contributed by atoms with Gasteiger partial charge in [-0.1, -0.05) is 60.7 Å². The van der Waals surface area contributed by atoms with E-state index in [-0.39, 0.29) is 12.4 Å². The third kappa shape index (κ3) is 3.96. The van der Waals surface area contributed by atoms with Crippen LogP contribution in [0.15, 0.2) is 85.2 Å². The summed E-state index contributed by atoms with van der Waals surface area (Å²) >= 11 is 0. The van der Waals surface area contributed by atoms with Crippen LogP contribution in [0, 0.1) is 0 Å². The maximum Gasteiger partial charge on any atom is 0.201 e. The topological polar surface area (TPSA) is 22.3 Å². The second-order valence-electron chi connectivity index (χ2n) is 6.26. The molecule has 0 bridgehead atoms. The number of halogens is 1. The fourth-order valence-corrected chi connectivity index (χ4v) is 3.31. The Morgan fingerprint density at radius 2 is 1.27 bits per heavy atom. The molecule has 1 aliphatic rings. The monoisotopic (exact) mass is 367 g/mol. The zero-order valence-corrected chi connectivity index (χ0v) is 15.3. The van der Waals surface area contributed by atoms with Crippen molar-refractivity contribution in [2.75, 3.05) is 13.2 Å². The standard InChI is InChI=1S/C22H22NO2.ClH/c1-3-7-19(8-4-1)20-11-14-23(15-12-20)16-13-22(24-17-18-25-22)21-9-5-2-6-10-21;/h1-12,14-15H,13,16-18H2;1H/q+1;/p-1. The summed E-state index contributed by atoms with van der Waals surface area (Å²) in [6.45, 7) is 2.13. The molecule has 4 rings (SSSR count). The molecule has 0 amide bonds. The molecule has 2 aromatic carbocycles. The minimum Gasteiger partial charge on any atom is -1.00 e. The first-order valence-corrected chi connectivity index (χ1v) is 8.74. The molecule has 0 saturated carbocycles. The van der Waals surface area contributed by atoms with Gasteiger partial charge in [-0.15, -0.1) is 0 Å². The summed E-state index contributed by atoms with van der Waals surface area (Å²) in [5.41, 5.74) is 3.55. The summed E-state index contributed by atoms with van der Waals surface area (Å²) in [6.07, 6.45) is 5.03. The van der Waals surface area contributed by atoms with Crippen LogP contribution in [0.5, 0.6) is 0 Å². The van der Waals surface area contributed by atoms with E-state index in [1.807, 2.05) is 24.3 Å². The van der Waals surface area contributed by atoms with Crippen molar-refractivity contribution in [3.05, 3.63) is 90.8 Å². The number of hydrogen-bond donors (Lipinski definition) is 0. The molecule has 0 unspecified atom stereocenters. The molecule has 3 nitrogen and oxygen atoms in total. The maximum absolute atomic E-state index is 6.01. The molecule has 0 radical (unpaired) electrons. The predicted molar refractivity (Wildman–Crippen MR) is 96.7 cm³/mol. The number of nitrogens with zero attached hydrogens (tertiary/aromatic N) is 1. The highest BCUT2D eigenvalue weighted by atomic mass is 35.5. The molecule has 0 atom stereocenters. The van der Waals surface area contributed by atoms with Gasteiger partial charge in [0.2, 0.25) is 5.79 Å². The van der Waals surface area contributed by atoms with E-state index in [1.165, 1.54) is 11.1 Å². The van der Waals surface area contributed by atoms with Crippen molar-refractivity contribution in [1.29, 1.82) is 0 Å². The third-order valence-corrected chi connectivity index (χ3v) is 4.66. The van der Waals surface area contributed by atoms with Crippen molar-refractivity contribution in [2.24, 2.45) is 0 Å². The molecular weight excluding hydrogens is 346 g/mol. The largest absolute Gasteiger partial charge is 1.00 e. The molecule has 1 aliphatic heterocycles. The lowest BCUT2D eigenvalue weighted by Gasteiger charge is -2.26. The summed E-state index contributed by atoms with van der Waals surface area (Å²) in [4.78, 5) is 0. The van der Waals surface area contributed by atoms with Crippen LogP contribution in [0.2, 0.25) is 0 Å². The number of ether oxygens (including phenoxy) is 2. The minimum absolute atomic E-state index is 0. The second kappa shape index (κ2) is 8.45. The molecule has 2 heterocycles. The first-order valence-electron chi connectivity index (χ1n) is 8.74. The lowest BCUT2D eigenvalue weighted by atomic mass is 10.0. The Bertz CT molecular complexity index is 801. The molecule has 1 aromatic heterocycles. The SMILES string of the molecule is [Cl-].c1ccc(-c2cc[n+](CCC3(c4ccccc4)OCCO3)cc2)cc1. The van der Waals surface area contributed by atoms with Crippen LogP contribution in [0.25, 0.3) is 11.1 Å². The molecule has 1 saturated heterocycles. The van der Waals surface area contributed by atoms with Crippen LogP contribution in [0.3, 0.4) is 0 Å². The average Bonchev–Trinajstić information content (AvgIpc) is 3.18. The Hall–Kier alpha value is -2.20. The Kier molecular flexibility index (Phi) is 6.04. The fraction of sp³-hybridized carbons (Fsp3) is 0.227. The fourth-order valence-electron chi connectivity index (χ4n) is 3.31. The lowest BCUT2D eigenvalue weighted by Crippen LogP contribution is -3.00. The van der Waals surface area contributed by atoms with Crippen molar-refractivity contribution < 1.29 is 26.4 Å². The van der Waals surface area contributed by atoms with Crippen LogP contribution in [-0.2, 0) is 21.8 Å². The van der Waals surface area contributed by atoms with Gasteiger partial charge in [0.1, 0.15) is 0 Å². The molecule has 4 heteroatoms. The highest BCUT2D eigenvalue weighted by molar-refractivity contribution is 5.61. The number of aromatic nitrogens is 1. The lowest BCUT2D eigenvalue weighted by molar-refractivity contribution is -0.700. The summed E-state index contributed by atoms with van der Waals surface area (Å²) < 4.78 is 14.2. The number of hydrogen-bond acceptors (Lipinski definition) is 2. The molecule has 0 N–H and O–H groups in total. The highest BCUT2D eigenvalue weighted by Gasteiger charge is 2.39. The molecule has 0 spiro atoms. The molecular formula is C22H22ClNO2. The first-order chi connectivity index (χ1) is 12.4. The molecule has 3 aromatic rings. The van der Waals surface area contributed by atoms with Crippen LogP contribution < -0.4 is 17.0 Å². The maximum atomic E-state index is 6.01. The molecule has 0 aliphatic carbocycles. The van der Waals surface area contributed by atoms with Crippen LogP contribution in [0.1, 0.15) is 12.0 Å². The van der Waals surface area contributed by atoms with Crippen LogP contribution >= 0.6 is 0 Å². The normalized spacial score (nSPS) is 15.4. The van der Waals surface area contributed by atoms with Crippen molar-refractivity contribution in [1.82, 2.24) is 0 Å². The van der Waals surface area contributed by atoms with Crippen molar-refractivity contribution in [3.63, 3.8) is 0 Å². The summed E-state index contributed by atoms with van der Waals surface area (Å²) in [6, 6.07) is 25.0.